The Labute approximate surface area is 62.5 Å². The molecule has 1 fully saturated rings. The first-order chi connectivity index (χ1) is 5.09. The van der Waals surface area contributed by atoms with Crippen molar-refractivity contribution in [2.24, 2.45) is 0 Å². The summed E-state index contributed by atoms with van der Waals surface area (Å²) in [5.41, 5.74) is 2.18. The molecule has 2 N–H and O–H groups in total. The molecule has 1 heterocycles. The molecule has 1 aliphatic heterocycles. The lowest BCUT2D eigenvalue weighted by molar-refractivity contribution is -0.123. The molecule has 0 aromatic heterocycles. The Balaban J connectivity index is 2.53. The van der Waals surface area contributed by atoms with Crippen LogP contribution in [0.25, 0.3) is 0 Å². The Kier molecular flexibility index (Phi) is 1.75. The van der Waals surface area contributed by atoms with Crippen molar-refractivity contribution in [2.45, 2.75) is 6.92 Å². The normalized spacial score (nSPS) is 16.6. The number of rotatable bonds is 1. The van der Waals surface area contributed by atoms with Crippen molar-refractivity contribution < 1.29 is 14.4 Å². The summed E-state index contributed by atoms with van der Waals surface area (Å²) >= 11 is 0. The predicted molar refractivity (Wildman–Crippen MR) is 34.1 cm³/mol. The van der Waals surface area contributed by atoms with Crippen molar-refractivity contribution in [3.63, 3.8) is 0 Å². The maximum atomic E-state index is 10.7. The third-order valence-electron chi connectivity index (χ3n) is 1.09. The minimum absolute atomic E-state index is 0.113. The lowest BCUT2D eigenvalue weighted by Crippen LogP contribution is -2.42. The van der Waals surface area contributed by atoms with Gasteiger partial charge in [-0.1, -0.05) is 0 Å². The molecule has 1 saturated heterocycles. The fourth-order valence-electron chi connectivity index (χ4n) is 0.722. The fourth-order valence-corrected chi connectivity index (χ4v) is 0.722. The molecule has 1 aliphatic rings. The standard InChI is InChI=1S/C5H7N3O3/c1-3(9)7-8-2-4(10)6-5(8)11/h2H2,1H3,(H,7,9)(H,6,10,11). The molecule has 0 aliphatic carbocycles. The van der Waals surface area contributed by atoms with Gasteiger partial charge in [-0.05, 0) is 0 Å². The van der Waals surface area contributed by atoms with Gasteiger partial charge in [0, 0.05) is 6.92 Å². The highest BCUT2D eigenvalue weighted by Gasteiger charge is 2.26. The maximum Gasteiger partial charge on any atom is 0.343 e. The number of carbonyl (C=O) groups excluding carboxylic acids is 3. The van der Waals surface area contributed by atoms with Gasteiger partial charge >= 0.3 is 6.03 Å². The number of amides is 4. The quantitative estimate of drug-likeness (QED) is 0.459. The van der Waals surface area contributed by atoms with Gasteiger partial charge in [0.2, 0.25) is 11.8 Å². The summed E-state index contributed by atoms with van der Waals surface area (Å²) in [5.74, 6) is -0.793. The molecule has 0 saturated carbocycles. The van der Waals surface area contributed by atoms with Crippen LogP contribution >= 0.6 is 0 Å². The largest absolute Gasteiger partial charge is 0.343 e. The van der Waals surface area contributed by atoms with Gasteiger partial charge in [0.15, 0.2) is 0 Å². The SMILES string of the molecule is CC(=O)NN1CC(=O)NC1=O. The lowest BCUT2D eigenvalue weighted by atomic mass is 10.6. The van der Waals surface area contributed by atoms with Gasteiger partial charge in [-0.15, -0.1) is 0 Å². The van der Waals surface area contributed by atoms with Gasteiger partial charge in [0.25, 0.3) is 0 Å². The van der Waals surface area contributed by atoms with E-state index in [1.54, 1.807) is 0 Å². The van der Waals surface area contributed by atoms with Crippen molar-refractivity contribution in [2.75, 3.05) is 6.54 Å². The van der Waals surface area contributed by atoms with Crippen molar-refractivity contribution >= 4 is 17.8 Å². The van der Waals surface area contributed by atoms with Gasteiger partial charge in [-0.25, -0.2) is 9.80 Å². The van der Waals surface area contributed by atoms with Crippen LogP contribution in [0.4, 0.5) is 4.79 Å². The Morgan fingerprint density at radius 2 is 2.27 bits per heavy atom. The third kappa shape index (κ3) is 1.66. The molecule has 6 heteroatoms. The summed E-state index contributed by atoms with van der Waals surface area (Å²) in [7, 11) is 0. The molecule has 0 radical (unpaired) electrons. The van der Waals surface area contributed by atoms with E-state index in [0.717, 1.165) is 5.01 Å². The fraction of sp³-hybridized carbons (Fsp3) is 0.400. The Hall–Kier alpha value is -1.59. The van der Waals surface area contributed by atoms with Gasteiger partial charge in [-0.3, -0.25) is 20.3 Å². The topological polar surface area (TPSA) is 78.5 Å². The second-order valence-electron chi connectivity index (χ2n) is 2.11. The molecule has 0 unspecified atom stereocenters. The lowest BCUT2D eigenvalue weighted by Gasteiger charge is -2.11. The van der Waals surface area contributed by atoms with Crippen molar-refractivity contribution in [3.8, 4) is 0 Å². The zero-order chi connectivity index (χ0) is 8.43. The molecule has 0 aromatic carbocycles. The molecule has 11 heavy (non-hydrogen) atoms. The van der Waals surface area contributed by atoms with Crippen molar-refractivity contribution in [1.82, 2.24) is 15.8 Å². The highest BCUT2D eigenvalue weighted by Crippen LogP contribution is 1.92. The molecule has 0 atom stereocenters. The van der Waals surface area contributed by atoms with Crippen LogP contribution in [-0.2, 0) is 9.59 Å². The summed E-state index contributed by atoms with van der Waals surface area (Å²) in [6.45, 7) is 1.15. The Morgan fingerprint density at radius 3 is 2.64 bits per heavy atom. The van der Waals surface area contributed by atoms with Gasteiger partial charge in [0.05, 0.1) is 0 Å². The Morgan fingerprint density at radius 1 is 1.64 bits per heavy atom. The van der Waals surface area contributed by atoms with Crippen LogP contribution in [0, 0.1) is 0 Å². The molecule has 4 amide bonds. The summed E-state index contributed by atoms with van der Waals surface area (Å²) in [5, 5.41) is 2.93. The number of nitrogens with zero attached hydrogens (tertiary/aromatic N) is 1. The first kappa shape index (κ1) is 7.52. The van der Waals surface area contributed by atoms with Crippen molar-refractivity contribution in [1.29, 1.82) is 0 Å². The summed E-state index contributed by atoms with van der Waals surface area (Å²) in [6, 6.07) is -0.592. The number of hydrazine groups is 1. The van der Waals surface area contributed by atoms with E-state index >= 15 is 0 Å². The number of hydrogen-bond donors (Lipinski definition) is 2. The molecule has 0 spiro atoms. The van der Waals surface area contributed by atoms with E-state index in [9.17, 15) is 14.4 Å². The smallest absolute Gasteiger partial charge is 0.275 e. The summed E-state index contributed by atoms with van der Waals surface area (Å²) in [4.78, 5) is 31.6. The third-order valence-corrected chi connectivity index (χ3v) is 1.09. The minimum Gasteiger partial charge on any atom is -0.275 e. The predicted octanol–water partition coefficient (Wildman–Crippen LogP) is -1.41. The van der Waals surface area contributed by atoms with Gasteiger partial charge < -0.3 is 0 Å². The van der Waals surface area contributed by atoms with Crippen LogP contribution in [0.5, 0.6) is 0 Å². The Bertz CT molecular complexity index is 225. The van der Waals surface area contributed by atoms with Gasteiger partial charge in [-0.2, -0.15) is 0 Å². The molecular formula is C5H7N3O3. The molecular weight excluding hydrogens is 150 g/mol. The number of carbonyl (C=O) groups is 3. The molecule has 1 rings (SSSR count). The molecule has 0 aromatic rings. The molecule has 6 nitrogen and oxygen atoms in total. The second-order valence-corrected chi connectivity index (χ2v) is 2.11. The first-order valence-electron chi connectivity index (χ1n) is 2.98. The zero-order valence-corrected chi connectivity index (χ0v) is 5.88. The maximum absolute atomic E-state index is 10.7. The van der Waals surface area contributed by atoms with Gasteiger partial charge in [0.1, 0.15) is 6.54 Å². The van der Waals surface area contributed by atoms with E-state index in [1.807, 2.05) is 5.32 Å². The van der Waals surface area contributed by atoms with Crippen LogP contribution in [0.15, 0.2) is 0 Å². The number of nitrogens with one attached hydrogen (secondary N) is 2. The highest BCUT2D eigenvalue weighted by molar-refractivity contribution is 6.02. The number of urea groups is 1. The highest BCUT2D eigenvalue weighted by atomic mass is 16.2. The van der Waals surface area contributed by atoms with Crippen LogP contribution in [0.2, 0.25) is 0 Å². The second kappa shape index (κ2) is 2.57. The minimum atomic E-state index is -0.592. The first-order valence-corrected chi connectivity index (χ1v) is 2.98. The van der Waals surface area contributed by atoms with E-state index in [1.165, 1.54) is 6.92 Å². The van der Waals surface area contributed by atoms with E-state index in [0.29, 0.717) is 0 Å². The van der Waals surface area contributed by atoms with Crippen LogP contribution in [0.1, 0.15) is 6.92 Å². The average Bonchev–Trinajstić information content (AvgIpc) is 2.09. The van der Waals surface area contributed by atoms with E-state index < -0.39 is 11.9 Å². The molecule has 0 bridgehead atoms. The molecule has 60 valence electrons. The van der Waals surface area contributed by atoms with E-state index in [4.69, 9.17) is 0 Å². The average molecular weight is 157 g/mol. The monoisotopic (exact) mass is 157 g/mol. The number of hydrogen-bond acceptors (Lipinski definition) is 3. The van der Waals surface area contributed by atoms with Crippen molar-refractivity contribution in [3.05, 3.63) is 0 Å². The number of imide groups is 1. The van der Waals surface area contributed by atoms with E-state index in [2.05, 4.69) is 5.43 Å². The summed E-state index contributed by atoms with van der Waals surface area (Å²) < 4.78 is 0. The van der Waals surface area contributed by atoms with Crippen LogP contribution < -0.4 is 10.7 Å². The summed E-state index contributed by atoms with van der Waals surface area (Å²) in [6.07, 6.45) is 0. The van der Waals surface area contributed by atoms with Crippen LogP contribution in [-0.4, -0.2) is 29.4 Å². The van der Waals surface area contributed by atoms with E-state index in [-0.39, 0.29) is 12.5 Å². The van der Waals surface area contributed by atoms with Crippen LogP contribution in [0.3, 0.4) is 0 Å². The zero-order valence-electron chi connectivity index (χ0n) is 5.88.